The number of H-pyrrole nitrogens is 2. The Hall–Kier alpha value is -2.08. The molecule has 0 bridgehead atoms. The molecule has 1 heterocycles. The standard InChI is InChI=1S/C12H15N3O3/c1-12(4-5-13,10(16)17)7-2-3-8-9(6-7)15-11(18)14-8/h2-3,6H,4-5,13H2,1H3,(H,16,17)(H2,14,15,18). The second-order valence-electron chi connectivity index (χ2n) is 4.52. The molecule has 18 heavy (non-hydrogen) atoms. The van der Waals surface area contributed by atoms with Crippen LogP contribution in [-0.4, -0.2) is 27.6 Å². The first-order chi connectivity index (χ1) is 8.47. The summed E-state index contributed by atoms with van der Waals surface area (Å²) < 4.78 is 0. The molecule has 6 nitrogen and oxygen atoms in total. The molecule has 2 aromatic rings. The van der Waals surface area contributed by atoms with Crippen molar-refractivity contribution in [1.82, 2.24) is 9.97 Å². The number of fused-ring (bicyclic) bond motifs is 1. The van der Waals surface area contributed by atoms with Crippen LogP contribution in [0.3, 0.4) is 0 Å². The molecule has 0 amide bonds. The molecule has 0 radical (unpaired) electrons. The number of carboxylic acids is 1. The first-order valence-corrected chi connectivity index (χ1v) is 5.63. The number of aromatic nitrogens is 2. The lowest BCUT2D eigenvalue weighted by Crippen LogP contribution is -2.34. The normalized spacial score (nSPS) is 14.6. The Balaban J connectivity index is 2.57. The van der Waals surface area contributed by atoms with Crippen LogP contribution >= 0.6 is 0 Å². The van der Waals surface area contributed by atoms with E-state index in [2.05, 4.69) is 9.97 Å². The first kappa shape index (κ1) is 12.4. The van der Waals surface area contributed by atoms with Crippen molar-refractivity contribution in [3.05, 3.63) is 34.2 Å². The van der Waals surface area contributed by atoms with Crippen molar-refractivity contribution in [3.8, 4) is 0 Å². The van der Waals surface area contributed by atoms with Crippen LogP contribution in [0.4, 0.5) is 0 Å². The van der Waals surface area contributed by atoms with E-state index >= 15 is 0 Å². The lowest BCUT2D eigenvalue weighted by Gasteiger charge is -2.24. The van der Waals surface area contributed by atoms with Gasteiger partial charge in [0.05, 0.1) is 16.4 Å². The maximum Gasteiger partial charge on any atom is 0.323 e. The van der Waals surface area contributed by atoms with Gasteiger partial charge >= 0.3 is 11.7 Å². The maximum absolute atomic E-state index is 11.4. The Morgan fingerprint density at radius 1 is 1.39 bits per heavy atom. The zero-order chi connectivity index (χ0) is 13.3. The van der Waals surface area contributed by atoms with Crippen molar-refractivity contribution < 1.29 is 9.90 Å². The summed E-state index contributed by atoms with van der Waals surface area (Å²) in [5, 5.41) is 9.36. The van der Waals surface area contributed by atoms with E-state index < -0.39 is 11.4 Å². The second-order valence-corrected chi connectivity index (χ2v) is 4.52. The molecule has 1 aromatic heterocycles. The van der Waals surface area contributed by atoms with Gasteiger partial charge in [-0.15, -0.1) is 0 Å². The SMILES string of the molecule is CC(CCN)(C(=O)O)c1ccc2[nH]c(=O)[nH]c2c1. The van der Waals surface area contributed by atoms with Gasteiger partial charge < -0.3 is 20.8 Å². The minimum atomic E-state index is -1.04. The van der Waals surface area contributed by atoms with Gasteiger partial charge in [-0.05, 0) is 37.6 Å². The summed E-state index contributed by atoms with van der Waals surface area (Å²) in [6.45, 7) is 1.92. The predicted octanol–water partition coefficient (Wildman–Crippen LogP) is 0.547. The number of nitrogens with one attached hydrogen (secondary N) is 2. The highest BCUT2D eigenvalue weighted by atomic mass is 16.4. The molecule has 0 spiro atoms. The van der Waals surface area contributed by atoms with E-state index in [9.17, 15) is 14.7 Å². The smallest absolute Gasteiger partial charge is 0.323 e. The second kappa shape index (κ2) is 4.30. The van der Waals surface area contributed by atoms with Crippen LogP contribution in [0.1, 0.15) is 18.9 Å². The summed E-state index contributed by atoms with van der Waals surface area (Å²) >= 11 is 0. The van der Waals surface area contributed by atoms with Crippen LogP contribution in [0, 0.1) is 0 Å². The molecule has 96 valence electrons. The van der Waals surface area contributed by atoms with Crippen molar-refractivity contribution >= 4 is 17.0 Å². The van der Waals surface area contributed by atoms with E-state index in [-0.39, 0.29) is 12.2 Å². The molecule has 2 rings (SSSR count). The van der Waals surface area contributed by atoms with Crippen molar-refractivity contribution in [2.24, 2.45) is 5.73 Å². The molecule has 6 heteroatoms. The predicted molar refractivity (Wildman–Crippen MR) is 67.6 cm³/mol. The van der Waals surface area contributed by atoms with Crippen LogP contribution < -0.4 is 11.4 Å². The number of nitrogens with two attached hydrogens (primary N) is 1. The van der Waals surface area contributed by atoms with E-state index in [1.54, 1.807) is 25.1 Å². The minimum Gasteiger partial charge on any atom is -0.481 e. The molecule has 0 aliphatic heterocycles. The molecule has 5 N–H and O–H groups in total. The van der Waals surface area contributed by atoms with Gasteiger partial charge in [0, 0.05) is 0 Å². The Morgan fingerprint density at radius 3 is 2.67 bits per heavy atom. The number of rotatable bonds is 4. The summed E-state index contributed by atoms with van der Waals surface area (Å²) in [7, 11) is 0. The van der Waals surface area contributed by atoms with E-state index in [1.165, 1.54) is 0 Å². The Kier molecular flexibility index (Phi) is 2.96. The molecule has 1 aromatic carbocycles. The van der Waals surface area contributed by atoms with Gasteiger partial charge in [-0.3, -0.25) is 4.79 Å². The average molecular weight is 249 g/mol. The lowest BCUT2D eigenvalue weighted by atomic mass is 9.79. The number of aromatic amines is 2. The monoisotopic (exact) mass is 249 g/mol. The largest absolute Gasteiger partial charge is 0.481 e. The van der Waals surface area contributed by atoms with Crippen LogP contribution in [0.5, 0.6) is 0 Å². The number of benzene rings is 1. The molecule has 0 aliphatic carbocycles. The van der Waals surface area contributed by atoms with Crippen LogP contribution in [-0.2, 0) is 10.2 Å². The molecule has 1 atom stereocenters. The van der Waals surface area contributed by atoms with Crippen LogP contribution in [0.2, 0.25) is 0 Å². The fourth-order valence-electron chi connectivity index (χ4n) is 2.04. The molecular weight excluding hydrogens is 234 g/mol. The summed E-state index contributed by atoms with van der Waals surface area (Å²) in [6.07, 6.45) is 0.336. The fourth-order valence-corrected chi connectivity index (χ4v) is 2.04. The number of carbonyl (C=O) groups is 1. The molecular formula is C12H15N3O3. The topological polar surface area (TPSA) is 112 Å². The van der Waals surface area contributed by atoms with E-state index in [0.717, 1.165) is 0 Å². The van der Waals surface area contributed by atoms with Crippen LogP contribution in [0.15, 0.2) is 23.0 Å². The van der Waals surface area contributed by atoms with Gasteiger partial charge in [0.1, 0.15) is 0 Å². The third kappa shape index (κ3) is 1.91. The highest BCUT2D eigenvalue weighted by Crippen LogP contribution is 2.29. The lowest BCUT2D eigenvalue weighted by molar-refractivity contribution is -0.143. The summed E-state index contributed by atoms with van der Waals surface area (Å²) in [4.78, 5) is 27.8. The van der Waals surface area contributed by atoms with Crippen molar-refractivity contribution in [2.75, 3.05) is 6.54 Å². The number of aliphatic carboxylic acids is 1. The summed E-state index contributed by atoms with van der Waals surface area (Å²) in [5.74, 6) is -0.926. The van der Waals surface area contributed by atoms with Gasteiger partial charge in [0.2, 0.25) is 0 Å². The van der Waals surface area contributed by atoms with Gasteiger partial charge in [0.15, 0.2) is 0 Å². The third-order valence-corrected chi connectivity index (χ3v) is 3.27. The van der Waals surface area contributed by atoms with Crippen molar-refractivity contribution in [1.29, 1.82) is 0 Å². The Morgan fingerprint density at radius 2 is 2.06 bits per heavy atom. The van der Waals surface area contributed by atoms with Crippen molar-refractivity contribution in [3.63, 3.8) is 0 Å². The highest BCUT2D eigenvalue weighted by molar-refractivity contribution is 5.84. The number of hydrogen-bond donors (Lipinski definition) is 4. The minimum absolute atomic E-state index is 0.282. The van der Waals surface area contributed by atoms with Crippen molar-refractivity contribution in [2.45, 2.75) is 18.8 Å². The van der Waals surface area contributed by atoms with Gasteiger partial charge in [0.25, 0.3) is 0 Å². The number of imidazole rings is 1. The van der Waals surface area contributed by atoms with Gasteiger partial charge in [-0.2, -0.15) is 0 Å². The summed E-state index contributed by atoms with van der Waals surface area (Å²) in [5.41, 5.74) is 6.01. The van der Waals surface area contributed by atoms with E-state index in [1.807, 2.05) is 0 Å². The highest BCUT2D eigenvalue weighted by Gasteiger charge is 2.34. The number of hydrogen-bond acceptors (Lipinski definition) is 3. The fraction of sp³-hybridized carbons (Fsp3) is 0.333. The zero-order valence-electron chi connectivity index (χ0n) is 9.99. The first-order valence-electron chi connectivity index (χ1n) is 5.63. The van der Waals surface area contributed by atoms with Crippen LogP contribution in [0.25, 0.3) is 11.0 Å². The maximum atomic E-state index is 11.4. The molecule has 0 fully saturated rings. The Bertz CT molecular complexity index is 643. The molecule has 0 aliphatic rings. The van der Waals surface area contributed by atoms with E-state index in [4.69, 9.17) is 5.73 Å². The van der Waals surface area contributed by atoms with E-state index in [0.29, 0.717) is 23.0 Å². The van der Waals surface area contributed by atoms with Gasteiger partial charge in [-0.1, -0.05) is 6.07 Å². The average Bonchev–Trinajstić information content (AvgIpc) is 2.67. The Labute approximate surface area is 103 Å². The zero-order valence-corrected chi connectivity index (χ0v) is 9.99. The third-order valence-electron chi connectivity index (χ3n) is 3.27. The summed E-state index contributed by atoms with van der Waals surface area (Å²) in [6, 6.07) is 5.08. The molecule has 1 unspecified atom stereocenters. The molecule has 0 saturated carbocycles. The van der Waals surface area contributed by atoms with Gasteiger partial charge in [-0.25, -0.2) is 4.79 Å². The molecule has 0 saturated heterocycles. The number of carboxylic acid groups (broad SMARTS) is 1. The quantitative estimate of drug-likeness (QED) is 0.633.